The molecule has 64 valence electrons. The molecule has 0 spiro atoms. The molecule has 0 bridgehead atoms. The van der Waals surface area contributed by atoms with Crippen LogP contribution in [0.4, 0.5) is 4.39 Å². The zero-order valence-corrected chi connectivity index (χ0v) is 6.07. The normalized spacial score (nSPS) is 12.5. The Morgan fingerprint density at radius 3 is 2.75 bits per heavy atom. The summed E-state index contributed by atoms with van der Waals surface area (Å²) in [6.07, 6.45) is 1.11. The van der Waals surface area contributed by atoms with E-state index in [1.54, 1.807) is 0 Å². The number of aromatic nitrogens is 1. The van der Waals surface area contributed by atoms with E-state index >= 15 is 0 Å². The molecule has 1 aromatic heterocycles. The number of carboxylic acids is 1. The molecule has 0 radical (unpaired) electrons. The van der Waals surface area contributed by atoms with Crippen molar-refractivity contribution in [3.63, 3.8) is 0 Å². The number of nitrogens with zero attached hydrogens (tertiary/aromatic N) is 1. The zero-order chi connectivity index (χ0) is 9.14. The molecule has 3 N–H and O–H groups in total. The van der Waals surface area contributed by atoms with Crippen LogP contribution in [0.2, 0.25) is 0 Å². The first kappa shape index (κ1) is 8.61. The Morgan fingerprint density at radius 2 is 2.33 bits per heavy atom. The number of rotatable bonds is 2. The molecule has 0 saturated carbocycles. The monoisotopic (exact) mass is 170 g/mol. The Kier molecular flexibility index (Phi) is 2.35. The Hall–Kier alpha value is -1.49. The first-order chi connectivity index (χ1) is 5.61. The van der Waals surface area contributed by atoms with Gasteiger partial charge in [0, 0.05) is 6.20 Å². The van der Waals surface area contributed by atoms with E-state index in [2.05, 4.69) is 4.98 Å². The van der Waals surface area contributed by atoms with Crippen molar-refractivity contribution in [1.29, 1.82) is 0 Å². The lowest BCUT2D eigenvalue weighted by Gasteiger charge is -2.04. The lowest BCUT2D eigenvalue weighted by Crippen LogP contribution is -2.20. The molecule has 0 saturated heterocycles. The highest BCUT2D eigenvalue weighted by atomic mass is 19.1. The minimum absolute atomic E-state index is 0.281. The van der Waals surface area contributed by atoms with Crippen LogP contribution in [0, 0.1) is 5.95 Å². The van der Waals surface area contributed by atoms with Crippen molar-refractivity contribution in [2.24, 2.45) is 5.73 Å². The minimum atomic E-state index is -1.16. The summed E-state index contributed by atoms with van der Waals surface area (Å²) in [6.45, 7) is 0. The molecule has 0 fully saturated rings. The summed E-state index contributed by atoms with van der Waals surface area (Å²) < 4.78 is 12.3. The molecule has 1 rings (SSSR count). The smallest absolute Gasteiger partial charge is 0.325 e. The van der Waals surface area contributed by atoms with E-state index in [0.29, 0.717) is 0 Å². The molecule has 12 heavy (non-hydrogen) atoms. The SMILES string of the molecule is NC(C(=O)O)c1ccc(F)nc1. The number of aliphatic carboxylic acids is 1. The molecular formula is C7H7FN2O2. The van der Waals surface area contributed by atoms with Crippen molar-refractivity contribution in [2.45, 2.75) is 6.04 Å². The fourth-order valence-corrected chi connectivity index (χ4v) is 0.714. The van der Waals surface area contributed by atoms with Crippen molar-refractivity contribution in [2.75, 3.05) is 0 Å². The number of pyridine rings is 1. The quantitative estimate of drug-likeness (QED) is 0.626. The van der Waals surface area contributed by atoms with E-state index in [1.807, 2.05) is 0 Å². The van der Waals surface area contributed by atoms with Crippen LogP contribution in [-0.4, -0.2) is 16.1 Å². The van der Waals surface area contributed by atoms with E-state index in [-0.39, 0.29) is 5.56 Å². The highest BCUT2D eigenvalue weighted by molar-refractivity contribution is 5.74. The summed E-state index contributed by atoms with van der Waals surface area (Å²) in [5, 5.41) is 8.46. The summed E-state index contributed by atoms with van der Waals surface area (Å²) in [5.74, 6) is -1.82. The van der Waals surface area contributed by atoms with Gasteiger partial charge in [-0.2, -0.15) is 4.39 Å². The first-order valence-corrected chi connectivity index (χ1v) is 3.21. The fourth-order valence-electron chi connectivity index (χ4n) is 0.714. The lowest BCUT2D eigenvalue weighted by molar-refractivity contribution is -0.138. The van der Waals surface area contributed by atoms with Crippen molar-refractivity contribution >= 4 is 5.97 Å². The predicted molar refractivity (Wildman–Crippen MR) is 38.8 cm³/mol. The summed E-state index contributed by atoms with van der Waals surface area (Å²) in [6, 6.07) is 1.22. The fraction of sp³-hybridized carbons (Fsp3) is 0.143. The second-order valence-corrected chi connectivity index (χ2v) is 2.23. The van der Waals surface area contributed by atoms with E-state index < -0.39 is 18.0 Å². The minimum Gasteiger partial charge on any atom is -0.480 e. The van der Waals surface area contributed by atoms with Crippen molar-refractivity contribution < 1.29 is 14.3 Å². The topological polar surface area (TPSA) is 76.2 Å². The van der Waals surface area contributed by atoms with Gasteiger partial charge in [-0.1, -0.05) is 6.07 Å². The first-order valence-electron chi connectivity index (χ1n) is 3.21. The van der Waals surface area contributed by atoms with Crippen LogP contribution in [0.3, 0.4) is 0 Å². The van der Waals surface area contributed by atoms with Gasteiger partial charge in [0.15, 0.2) is 0 Å². The van der Waals surface area contributed by atoms with Gasteiger partial charge < -0.3 is 10.8 Å². The maximum atomic E-state index is 12.3. The number of carbonyl (C=O) groups is 1. The van der Waals surface area contributed by atoms with Gasteiger partial charge in [-0.05, 0) is 11.6 Å². The van der Waals surface area contributed by atoms with Crippen LogP contribution in [0.25, 0.3) is 0 Å². The van der Waals surface area contributed by atoms with Crippen LogP contribution in [-0.2, 0) is 4.79 Å². The molecule has 1 atom stereocenters. The van der Waals surface area contributed by atoms with Crippen molar-refractivity contribution in [1.82, 2.24) is 4.98 Å². The molecule has 4 nitrogen and oxygen atoms in total. The number of nitrogens with two attached hydrogens (primary N) is 1. The molecule has 5 heteroatoms. The van der Waals surface area contributed by atoms with Crippen molar-refractivity contribution in [3.05, 3.63) is 29.8 Å². The third-order valence-electron chi connectivity index (χ3n) is 1.38. The average Bonchev–Trinajstić information content (AvgIpc) is 2.04. The standard InChI is InChI=1S/C7H7FN2O2/c8-5-2-1-4(3-10-5)6(9)7(11)12/h1-3,6H,9H2,(H,11,12). The molecule has 1 aromatic rings. The molecule has 0 aliphatic rings. The van der Waals surface area contributed by atoms with Crippen LogP contribution in [0.15, 0.2) is 18.3 Å². The second-order valence-electron chi connectivity index (χ2n) is 2.23. The number of carboxylic acid groups (broad SMARTS) is 1. The largest absolute Gasteiger partial charge is 0.480 e. The van der Waals surface area contributed by atoms with Gasteiger partial charge in [-0.15, -0.1) is 0 Å². The van der Waals surface area contributed by atoms with E-state index in [9.17, 15) is 9.18 Å². The highest BCUT2D eigenvalue weighted by Crippen LogP contribution is 2.08. The predicted octanol–water partition coefficient (Wildman–Crippen LogP) is 0.305. The Bertz CT molecular complexity index is 286. The van der Waals surface area contributed by atoms with Crippen LogP contribution in [0.1, 0.15) is 11.6 Å². The van der Waals surface area contributed by atoms with Gasteiger partial charge in [0.05, 0.1) is 0 Å². The molecular weight excluding hydrogens is 163 g/mol. The van der Waals surface area contributed by atoms with E-state index in [4.69, 9.17) is 10.8 Å². The third-order valence-corrected chi connectivity index (χ3v) is 1.38. The van der Waals surface area contributed by atoms with Crippen LogP contribution in [0.5, 0.6) is 0 Å². The molecule has 0 aliphatic carbocycles. The summed E-state index contributed by atoms with van der Waals surface area (Å²) in [5.41, 5.74) is 5.51. The number of halogens is 1. The van der Waals surface area contributed by atoms with Gasteiger partial charge >= 0.3 is 5.97 Å². The average molecular weight is 170 g/mol. The second kappa shape index (κ2) is 3.27. The van der Waals surface area contributed by atoms with E-state index in [0.717, 1.165) is 12.3 Å². The Balaban J connectivity index is 2.89. The lowest BCUT2D eigenvalue weighted by atomic mass is 10.1. The number of hydrogen-bond donors (Lipinski definition) is 2. The van der Waals surface area contributed by atoms with Gasteiger partial charge in [-0.3, -0.25) is 4.79 Å². The summed E-state index contributed by atoms with van der Waals surface area (Å²) >= 11 is 0. The van der Waals surface area contributed by atoms with Gasteiger partial charge in [-0.25, -0.2) is 4.98 Å². The van der Waals surface area contributed by atoms with Gasteiger partial charge in [0.1, 0.15) is 6.04 Å². The molecule has 1 unspecified atom stereocenters. The number of hydrogen-bond acceptors (Lipinski definition) is 3. The Morgan fingerprint density at radius 1 is 1.67 bits per heavy atom. The molecule has 1 heterocycles. The summed E-state index contributed by atoms with van der Waals surface area (Å²) in [7, 11) is 0. The third kappa shape index (κ3) is 1.76. The highest BCUT2D eigenvalue weighted by Gasteiger charge is 2.13. The molecule has 0 aromatic carbocycles. The van der Waals surface area contributed by atoms with Crippen LogP contribution >= 0.6 is 0 Å². The van der Waals surface area contributed by atoms with Crippen LogP contribution < -0.4 is 5.73 Å². The Labute approximate surface area is 67.8 Å². The maximum Gasteiger partial charge on any atom is 0.325 e. The molecule has 0 amide bonds. The van der Waals surface area contributed by atoms with Gasteiger partial charge in [0.25, 0.3) is 0 Å². The van der Waals surface area contributed by atoms with Crippen molar-refractivity contribution in [3.8, 4) is 0 Å². The maximum absolute atomic E-state index is 12.3. The summed E-state index contributed by atoms with van der Waals surface area (Å²) in [4.78, 5) is 13.6. The zero-order valence-electron chi connectivity index (χ0n) is 6.07. The molecule has 0 aliphatic heterocycles. The van der Waals surface area contributed by atoms with Gasteiger partial charge in [0.2, 0.25) is 5.95 Å². The van der Waals surface area contributed by atoms with E-state index in [1.165, 1.54) is 6.07 Å².